The van der Waals surface area contributed by atoms with Gasteiger partial charge in [0.05, 0.1) is 5.56 Å². The van der Waals surface area contributed by atoms with Gasteiger partial charge in [0.2, 0.25) is 11.8 Å². The molecule has 1 heterocycles. The molecule has 1 aliphatic rings. The van der Waals surface area contributed by atoms with Crippen molar-refractivity contribution in [1.82, 2.24) is 10.3 Å². The molecule has 0 bridgehead atoms. The first kappa shape index (κ1) is 19.6. The number of ether oxygens (including phenoxy) is 1. The molecule has 0 aromatic heterocycles. The molecule has 3 rings (SSSR count). The van der Waals surface area contributed by atoms with Crippen molar-refractivity contribution in [1.29, 1.82) is 0 Å². The number of carbonyl (C=O) groups is 3. The second-order valence-electron chi connectivity index (χ2n) is 5.89. The fourth-order valence-electron chi connectivity index (χ4n) is 2.46. The number of rotatable bonds is 3. The minimum atomic E-state index is -0.630. The molecule has 2 aromatic rings. The number of hydrazone groups is 1. The molecule has 2 amide bonds. The van der Waals surface area contributed by atoms with E-state index >= 15 is 0 Å². The molecule has 0 saturated heterocycles. The van der Waals surface area contributed by atoms with Crippen LogP contribution in [0.4, 0.5) is 4.39 Å². The van der Waals surface area contributed by atoms with E-state index in [9.17, 15) is 18.8 Å². The molecule has 0 fully saturated rings. The van der Waals surface area contributed by atoms with Crippen molar-refractivity contribution >= 4 is 34.7 Å². The van der Waals surface area contributed by atoms with E-state index < -0.39 is 17.2 Å². The Bertz CT molecular complexity index is 962. The van der Waals surface area contributed by atoms with Gasteiger partial charge in [-0.2, -0.15) is 0 Å². The lowest BCUT2D eigenvalue weighted by atomic mass is 10.2. The molecule has 0 aliphatic carbocycles. The summed E-state index contributed by atoms with van der Waals surface area (Å²) in [6.07, 6.45) is 0. The molecule has 2 aromatic carbocycles. The van der Waals surface area contributed by atoms with Gasteiger partial charge in [0.1, 0.15) is 16.9 Å². The number of carbonyl (C=O) groups excluding carboxylic acids is 3. The standard InChI is InChI=1S/C19H16FN3O4S/c1-11(24)21-19-22-23(12(2)25)17(28-19)14-4-3-5-16(10-14)27-18(26)13-6-8-15(20)9-7-13/h3-10,17H,1-2H3,(H,21,22,24)/t17-/m1/s1. The average molecular weight is 401 g/mol. The maximum atomic E-state index is 13.0. The van der Waals surface area contributed by atoms with Crippen molar-refractivity contribution in [2.24, 2.45) is 5.10 Å². The summed E-state index contributed by atoms with van der Waals surface area (Å²) >= 11 is 1.20. The Kier molecular flexibility index (Phi) is 5.74. The van der Waals surface area contributed by atoms with Crippen molar-refractivity contribution in [3.05, 3.63) is 65.5 Å². The molecule has 1 atom stereocenters. The third-order valence-corrected chi connectivity index (χ3v) is 4.79. The largest absolute Gasteiger partial charge is 0.423 e. The zero-order valence-electron chi connectivity index (χ0n) is 15.0. The summed E-state index contributed by atoms with van der Waals surface area (Å²) in [6, 6.07) is 11.7. The van der Waals surface area contributed by atoms with Gasteiger partial charge in [-0.25, -0.2) is 14.2 Å². The number of nitrogens with one attached hydrogen (secondary N) is 1. The number of amidine groups is 1. The maximum absolute atomic E-state index is 13.0. The van der Waals surface area contributed by atoms with Gasteiger partial charge in [-0.1, -0.05) is 23.9 Å². The highest BCUT2D eigenvalue weighted by atomic mass is 32.2. The fourth-order valence-corrected chi connectivity index (χ4v) is 3.59. The molecule has 144 valence electrons. The van der Waals surface area contributed by atoms with Gasteiger partial charge in [-0.3, -0.25) is 9.59 Å². The van der Waals surface area contributed by atoms with Crippen LogP contribution in [0.3, 0.4) is 0 Å². The third-order valence-electron chi connectivity index (χ3n) is 3.68. The van der Waals surface area contributed by atoms with Crippen molar-refractivity contribution in [2.75, 3.05) is 0 Å². The highest BCUT2D eigenvalue weighted by Gasteiger charge is 2.32. The van der Waals surface area contributed by atoms with Crippen LogP contribution in [-0.2, 0) is 9.59 Å². The van der Waals surface area contributed by atoms with E-state index in [-0.39, 0.29) is 23.1 Å². The van der Waals surface area contributed by atoms with Crippen LogP contribution in [0.25, 0.3) is 0 Å². The first-order valence-electron chi connectivity index (χ1n) is 8.24. The van der Waals surface area contributed by atoms with E-state index in [0.717, 1.165) is 0 Å². The molecule has 0 saturated carbocycles. The maximum Gasteiger partial charge on any atom is 0.343 e. The predicted octanol–water partition coefficient (Wildman–Crippen LogP) is 3.05. The molecule has 0 radical (unpaired) electrons. The van der Waals surface area contributed by atoms with Crippen LogP contribution in [0.1, 0.15) is 35.1 Å². The quantitative estimate of drug-likeness (QED) is 0.631. The highest BCUT2D eigenvalue weighted by molar-refractivity contribution is 8.14. The van der Waals surface area contributed by atoms with Crippen LogP contribution in [0.15, 0.2) is 53.6 Å². The van der Waals surface area contributed by atoms with E-state index in [0.29, 0.717) is 10.7 Å². The molecule has 1 N–H and O–H groups in total. The normalized spacial score (nSPS) is 15.8. The van der Waals surface area contributed by atoms with Gasteiger partial charge in [0, 0.05) is 13.8 Å². The lowest BCUT2D eigenvalue weighted by Gasteiger charge is -2.19. The van der Waals surface area contributed by atoms with Crippen molar-refractivity contribution in [2.45, 2.75) is 19.2 Å². The Morgan fingerprint density at radius 3 is 2.50 bits per heavy atom. The third kappa shape index (κ3) is 4.55. The topological polar surface area (TPSA) is 88.1 Å². The zero-order valence-corrected chi connectivity index (χ0v) is 15.8. The van der Waals surface area contributed by atoms with E-state index in [1.165, 1.54) is 54.9 Å². The molecule has 1 aliphatic heterocycles. The van der Waals surface area contributed by atoms with Gasteiger partial charge < -0.3 is 10.1 Å². The molecule has 0 spiro atoms. The van der Waals surface area contributed by atoms with Gasteiger partial charge in [0.15, 0.2) is 5.17 Å². The molecule has 0 unspecified atom stereocenters. The number of halogens is 1. The van der Waals surface area contributed by atoms with Crippen molar-refractivity contribution in [3.63, 3.8) is 0 Å². The van der Waals surface area contributed by atoms with E-state index in [2.05, 4.69) is 10.4 Å². The number of amides is 2. The number of hydrogen-bond acceptors (Lipinski definition) is 6. The second-order valence-corrected chi connectivity index (χ2v) is 6.96. The number of esters is 1. The van der Waals surface area contributed by atoms with Gasteiger partial charge in [-0.15, -0.1) is 5.10 Å². The summed E-state index contributed by atoms with van der Waals surface area (Å²) < 4.78 is 18.3. The van der Waals surface area contributed by atoms with Crippen molar-refractivity contribution in [3.8, 4) is 5.75 Å². The lowest BCUT2D eigenvalue weighted by Crippen LogP contribution is -2.25. The van der Waals surface area contributed by atoms with Gasteiger partial charge in [0.25, 0.3) is 0 Å². The van der Waals surface area contributed by atoms with Crippen LogP contribution in [0, 0.1) is 5.82 Å². The summed E-state index contributed by atoms with van der Waals surface area (Å²) in [5, 5.41) is 7.73. The number of nitrogens with zero attached hydrogens (tertiary/aromatic N) is 2. The molecule has 7 nitrogen and oxygen atoms in total. The van der Waals surface area contributed by atoms with Gasteiger partial charge in [-0.05, 0) is 42.0 Å². The summed E-state index contributed by atoms with van der Waals surface area (Å²) in [5.74, 6) is -1.40. The predicted molar refractivity (Wildman–Crippen MR) is 102 cm³/mol. The van der Waals surface area contributed by atoms with E-state index in [1.54, 1.807) is 24.3 Å². The monoisotopic (exact) mass is 401 g/mol. The number of benzene rings is 2. The number of hydrogen-bond donors (Lipinski definition) is 1. The average Bonchev–Trinajstić information content (AvgIpc) is 3.06. The molecular weight excluding hydrogens is 385 g/mol. The Hall–Kier alpha value is -3.20. The molecular formula is C19H16FN3O4S. The zero-order chi connectivity index (χ0) is 20.3. The Labute approximate surface area is 164 Å². The van der Waals surface area contributed by atoms with Gasteiger partial charge >= 0.3 is 5.97 Å². The van der Waals surface area contributed by atoms with E-state index in [4.69, 9.17) is 4.74 Å². The smallest absolute Gasteiger partial charge is 0.343 e. The lowest BCUT2D eigenvalue weighted by molar-refractivity contribution is -0.129. The Morgan fingerprint density at radius 1 is 1.14 bits per heavy atom. The SMILES string of the molecule is CC(=O)NC1=NN(C(C)=O)[C@@H](c2cccc(OC(=O)c3ccc(F)cc3)c2)S1. The minimum Gasteiger partial charge on any atom is -0.423 e. The number of thioether (sulfide) groups is 1. The summed E-state index contributed by atoms with van der Waals surface area (Å²) in [7, 11) is 0. The van der Waals surface area contributed by atoms with Crippen LogP contribution in [-0.4, -0.2) is 28.0 Å². The summed E-state index contributed by atoms with van der Waals surface area (Å²) in [6.45, 7) is 2.72. The van der Waals surface area contributed by atoms with Crippen LogP contribution >= 0.6 is 11.8 Å². The van der Waals surface area contributed by atoms with Crippen LogP contribution in [0.5, 0.6) is 5.75 Å². The van der Waals surface area contributed by atoms with Crippen LogP contribution < -0.4 is 10.1 Å². The fraction of sp³-hybridized carbons (Fsp3) is 0.158. The first-order chi connectivity index (χ1) is 13.3. The van der Waals surface area contributed by atoms with E-state index in [1.807, 2.05) is 0 Å². The Morgan fingerprint density at radius 2 is 1.86 bits per heavy atom. The van der Waals surface area contributed by atoms with Crippen LogP contribution in [0.2, 0.25) is 0 Å². The summed E-state index contributed by atoms with van der Waals surface area (Å²) in [5.41, 5.74) is 0.873. The molecule has 9 heteroatoms. The molecule has 28 heavy (non-hydrogen) atoms. The Balaban J connectivity index is 1.79. The summed E-state index contributed by atoms with van der Waals surface area (Å²) in [4.78, 5) is 35.4. The first-order valence-corrected chi connectivity index (χ1v) is 9.12. The minimum absolute atomic E-state index is 0.212. The highest BCUT2D eigenvalue weighted by Crippen LogP contribution is 2.39. The van der Waals surface area contributed by atoms with Crippen molar-refractivity contribution < 1.29 is 23.5 Å². The second kappa shape index (κ2) is 8.22.